The van der Waals surface area contributed by atoms with Crippen LogP contribution in [0.5, 0.6) is 0 Å². The Morgan fingerprint density at radius 2 is 1.75 bits per heavy atom. The van der Waals surface area contributed by atoms with E-state index in [1.165, 1.54) is 5.56 Å². The molecule has 1 aromatic rings. The molecule has 0 unspecified atom stereocenters. The summed E-state index contributed by atoms with van der Waals surface area (Å²) in [6.07, 6.45) is 0. The lowest BCUT2D eigenvalue weighted by Crippen LogP contribution is -2.58. The summed E-state index contributed by atoms with van der Waals surface area (Å²) in [6, 6.07) is 4.27. The third-order valence-electron chi connectivity index (χ3n) is 3.09. The molecule has 0 spiro atoms. The van der Waals surface area contributed by atoms with Gasteiger partial charge in [0.25, 0.3) is 5.91 Å². The van der Waals surface area contributed by atoms with Gasteiger partial charge in [-0.05, 0) is 31.9 Å². The molecule has 0 bridgehead atoms. The molecular formula is C13H18N2O. The molecule has 0 aliphatic carbocycles. The summed E-state index contributed by atoms with van der Waals surface area (Å²) in [7, 11) is 0. The van der Waals surface area contributed by atoms with Crippen LogP contribution in [0.4, 0.5) is 0 Å². The van der Waals surface area contributed by atoms with Crippen LogP contribution < -0.4 is 5.73 Å². The third kappa shape index (κ3) is 1.83. The average Bonchev–Trinajstić information content (AvgIpc) is 2.10. The van der Waals surface area contributed by atoms with E-state index < -0.39 is 0 Å². The number of carbonyl (C=O) groups excluding carboxylic acids is 1. The van der Waals surface area contributed by atoms with E-state index in [9.17, 15) is 4.79 Å². The van der Waals surface area contributed by atoms with Crippen LogP contribution in [0.3, 0.4) is 0 Å². The zero-order valence-electron chi connectivity index (χ0n) is 10.1. The van der Waals surface area contributed by atoms with E-state index >= 15 is 0 Å². The maximum absolute atomic E-state index is 12.2. The number of nitrogens with zero attached hydrogens (tertiary/aromatic N) is 1. The highest BCUT2D eigenvalue weighted by Gasteiger charge is 2.29. The highest BCUT2D eigenvalue weighted by Crippen LogP contribution is 2.20. The van der Waals surface area contributed by atoms with Gasteiger partial charge in [0, 0.05) is 24.7 Å². The lowest BCUT2D eigenvalue weighted by molar-refractivity contribution is 0.0606. The van der Waals surface area contributed by atoms with Crippen LogP contribution in [-0.2, 0) is 0 Å². The highest BCUT2D eigenvalue weighted by molar-refractivity contribution is 5.97. The molecule has 1 saturated heterocycles. The zero-order valence-corrected chi connectivity index (χ0v) is 10.1. The predicted molar refractivity (Wildman–Crippen MR) is 64.5 cm³/mol. The minimum Gasteiger partial charge on any atom is -0.335 e. The van der Waals surface area contributed by atoms with Crippen molar-refractivity contribution in [2.24, 2.45) is 5.73 Å². The molecule has 3 nitrogen and oxygen atoms in total. The summed E-state index contributed by atoms with van der Waals surface area (Å²) >= 11 is 0. The quantitative estimate of drug-likeness (QED) is 0.774. The predicted octanol–water partition coefficient (Wildman–Crippen LogP) is 1.39. The molecular weight excluding hydrogens is 200 g/mol. The molecule has 1 fully saturated rings. The topological polar surface area (TPSA) is 46.3 Å². The van der Waals surface area contributed by atoms with Gasteiger partial charge in [0.05, 0.1) is 0 Å². The number of benzene rings is 1. The largest absolute Gasteiger partial charge is 0.335 e. The van der Waals surface area contributed by atoms with Crippen molar-refractivity contribution >= 4 is 5.91 Å². The lowest BCUT2D eigenvalue weighted by Gasteiger charge is -2.37. The van der Waals surface area contributed by atoms with Crippen LogP contribution in [0, 0.1) is 20.8 Å². The van der Waals surface area contributed by atoms with E-state index in [1.807, 2.05) is 25.7 Å². The van der Waals surface area contributed by atoms with Gasteiger partial charge in [-0.3, -0.25) is 4.79 Å². The number of hydrogen-bond donors (Lipinski definition) is 1. The molecule has 3 heteroatoms. The average molecular weight is 218 g/mol. The van der Waals surface area contributed by atoms with E-state index in [0.29, 0.717) is 13.1 Å². The van der Waals surface area contributed by atoms with Gasteiger partial charge in [0.15, 0.2) is 0 Å². The Kier molecular flexibility index (Phi) is 2.72. The smallest absolute Gasteiger partial charge is 0.254 e. The van der Waals surface area contributed by atoms with Crippen LogP contribution in [0.2, 0.25) is 0 Å². The first-order valence-electron chi connectivity index (χ1n) is 5.61. The van der Waals surface area contributed by atoms with E-state index in [2.05, 4.69) is 12.1 Å². The van der Waals surface area contributed by atoms with E-state index in [0.717, 1.165) is 16.7 Å². The van der Waals surface area contributed by atoms with Crippen molar-refractivity contribution in [2.75, 3.05) is 13.1 Å². The van der Waals surface area contributed by atoms with Crippen molar-refractivity contribution in [3.05, 3.63) is 34.4 Å². The molecule has 1 aliphatic rings. The fraction of sp³-hybridized carbons (Fsp3) is 0.462. The van der Waals surface area contributed by atoms with Crippen LogP contribution >= 0.6 is 0 Å². The third-order valence-corrected chi connectivity index (χ3v) is 3.09. The van der Waals surface area contributed by atoms with Crippen molar-refractivity contribution < 1.29 is 4.79 Å². The zero-order chi connectivity index (χ0) is 11.9. The molecule has 86 valence electrons. The molecule has 16 heavy (non-hydrogen) atoms. The molecule has 0 saturated carbocycles. The Morgan fingerprint density at radius 3 is 2.19 bits per heavy atom. The monoisotopic (exact) mass is 218 g/mol. The first-order chi connectivity index (χ1) is 7.49. The van der Waals surface area contributed by atoms with E-state index in [1.54, 1.807) is 0 Å². The number of hydrogen-bond acceptors (Lipinski definition) is 2. The van der Waals surface area contributed by atoms with Crippen molar-refractivity contribution in [2.45, 2.75) is 26.8 Å². The normalized spacial score (nSPS) is 16.1. The van der Waals surface area contributed by atoms with Gasteiger partial charge in [-0.25, -0.2) is 0 Å². The Balaban J connectivity index is 2.30. The van der Waals surface area contributed by atoms with Gasteiger partial charge in [0.2, 0.25) is 0 Å². The summed E-state index contributed by atoms with van der Waals surface area (Å²) in [6.45, 7) is 7.41. The van der Waals surface area contributed by atoms with Crippen molar-refractivity contribution in [3.8, 4) is 0 Å². The molecule has 0 atom stereocenters. The van der Waals surface area contributed by atoms with Crippen molar-refractivity contribution in [1.82, 2.24) is 4.90 Å². The first kappa shape index (κ1) is 11.1. The number of likely N-dealkylation sites (tertiary alicyclic amines) is 1. The minimum absolute atomic E-state index is 0.122. The molecule has 1 heterocycles. The van der Waals surface area contributed by atoms with Gasteiger partial charge < -0.3 is 10.6 Å². The summed E-state index contributed by atoms with van der Waals surface area (Å²) in [5, 5.41) is 0. The van der Waals surface area contributed by atoms with E-state index in [4.69, 9.17) is 5.73 Å². The van der Waals surface area contributed by atoms with Gasteiger partial charge in [-0.15, -0.1) is 0 Å². The first-order valence-corrected chi connectivity index (χ1v) is 5.61. The molecule has 1 amide bonds. The SMILES string of the molecule is Cc1cc(C)c(C(=O)N2CC(N)C2)c(C)c1. The number of nitrogens with two attached hydrogens (primary N) is 1. The fourth-order valence-electron chi connectivity index (χ4n) is 2.35. The van der Waals surface area contributed by atoms with Crippen LogP contribution in [0.15, 0.2) is 12.1 Å². The summed E-state index contributed by atoms with van der Waals surface area (Å²) in [4.78, 5) is 14.0. The van der Waals surface area contributed by atoms with Gasteiger partial charge in [-0.2, -0.15) is 0 Å². The van der Waals surface area contributed by atoms with Crippen molar-refractivity contribution in [1.29, 1.82) is 0 Å². The Hall–Kier alpha value is -1.35. The molecule has 0 radical (unpaired) electrons. The molecule has 1 aliphatic heterocycles. The fourth-order valence-corrected chi connectivity index (χ4v) is 2.35. The number of aryl methyl sites for hydroxylation is 3. The number of carbonyl (C=O) groups is 1. The Bertz CT molecular complexity index is 411. The number of amides is 1. The second kappa shape index (κ2) is 3.91. The van der Waals surface area contributed by atoms with Gasteiger partial charge in [-0.1, -0.05) is 17.7 Å². The highest BCUT2D eigenvalue weighted by atomic mass is 16.2. The van der Waals surface area contributed by atoms with Crippen LogP contribution in [0.1, 0.15) is 27.0 Å². The van der Waals surface area contributed by atoms with Gasteiger partial charge in [0.1, 0.15) is 0 Å². The van der Waals surface area contributed by atoms with E-state index in [-0.39, 0.29) is 11.9 Å². The molecule has 0 aromatic heterocycles. The minimum atomic E-state index is 0.122. The second-order valence-electron chi connectivity index (χ2n) is 4.74. The number of rotatable bonds is 1. The summed E-state index contributed by atoms with van der Waals surface area (Å²) in [5.74, 6) is 0.122. The van der Waals surface area contributed by atoms with Crippen LogP contribution in [0.25, 0.3) is 0 Å². The molecule has 2 N–H and O–H groups in total. The lowest BCUT2D eigenvalue weighted by atomic mass is 9.97. The molecule has 2 rings (SSSR count). The maximum atomic E-state index is 12.2. The summed E-state index contributed by atoms with van der Waals surface area (Å²) < 4.78 is 0. The van der Waals surface area contributed by atoms with Crippen LogP contribution in [-0.4, -0.2) is 29.9 Å². The Labute approximate surface area is 96.2 Å². The maximum Gasteiger partial charge on any atom is 0.254 e. The van der Waals surface area contributed by atoms with Crippen molar-refractivity contribution in [3.63, 3.8) is 0 Å². The summed E-state index contributed by atoms with van der Waals surface area (Å²) in [5.41, 5.74) is 9.85. The van der Waals surface area contributed by atoms with Gasteiger partial charge >= 0.3 is 0 Å². The standard InChI is InChI=1S/C13H18N2O/c1-8-4-9(2)12(10(3)5-8)13(16)15-6-11(14)7-15/h4-5,11H,6-7,14H2,1-3H3. The molecule has 1 aromatic carbocycles. The second-order valence-corrected chi connectivity index (χ2v) is 4.74. The Morgan fingerprint density at radius 1 is 1.25 bits per heavy atom.